The molecule has 2 aliphatic rings. The van der Waals surface area contributed by atoms with Crippen molar-refractivity contribution >= 4 is 17.5 Å². The molecule has 1 amide bonds. The Kier molecular flexibility index (Phi) is 5.67. The van der Waals surface area contributed by atoms with E-state index in [1.54, 1.807) is 18.3 Å². The molecule has 1 atom stereocenters. The predicted molar refractivity (Wildman–Crippen MR) is 109 cm³/mol. The van der Waals surface area contributed by atoms with Crippen molar-refractivity contribution in [1.82, 2.24) is 14.8 Å². The number of rotatable bonds is 4. The lowest BCUT2D eigenvalue weighted by Gasteiger charge is -2.39. The van der Waals surface area contributed by atoms with Gasteiger partial charge >= 0.3 is 0 Å². The number of likely N-dealkylation sites (tertiary alicyclic amines) is 1. The molecule has 0 bridgehead atoms. The lowest BCUT2D eigenvalue weighted by Crippen LogP contribution is -2.47. The van der Waals surface area contributed by atoms with E-state index in [1.807, 2.05) is 29.3 Å². The van der Waals surface area contributed by atoms with E-state index in [0.29, 0.717) is 16.6 Å². The number of carbonyl (C=O) groups is 1. The molecule has 1 spiro atoms. The van der Waals surface area contributed by atoms with Gasteiger partial charge in [0, 0.05) is 48.7 Å². The minimum atomic E-state index is -0.0982. The molecule has 4 rings (SSSR count). The van der Waals surface area contributed by atoms with E-state index in [0.717, 1.165) is 45.5 Å². The van der Waals surface area contributed by atoms with Crippen LogP contribution in [-0.2, 0) is 11.3 Å². The Morgan fingerprint density at radius 2 is 2.14 bits per heavy atom. The Balaban J connectivity index is 1.32. The summed E-state index contributed by atoms with van der Waals surface area (Å²) in [5.74, 6) is 0.0561. The number of piperidine rings is 1. The predicted octanol–water partition coefficient (Wildman–Crippen LogP) is 3.63. The molecule has 0 radical (unpaired) electrons. The number of benzene rings is 1. The maximum Gasteiger partial charge on any atom is 0.253 e. The van der Waals surface area contributed by atoms with E-state index in [2.05, 4.69) is 23.0 Å². The topological polar surface area (TPSA) is 45.7 Å². The van der Waals surface area contributed by atoms with E-state index >= 15 is 0 Å². The lowest BCUT2D eigenvalue weighted by molar-refractivity contribution is -0.0393. The molecular formula is C22H26ClN3O2. The third-order valence-corrected chi connectivity index (χ3v) is 6.24. The second-order valence-corrected chi connectivity index (χ2v) is 8.37. The Morgan fingerprint density at radius 3 is 2.86 bits per heavy atom. The highest BCUT2D eigenvalue weighted by Gasteiger charge is 2.44. The van der Waals surface area contributed by atoms with Crippen molar-refractivity contribution in [1.29, 1.82) is 0 Å². The SMILES string of the molecule is CN(Cc1cccnc1)C1COC2(CCN(C(=O)c3cccc(Cl)c3)CC2)C1. The number of amides is 1. The average molecular weight is 400 g/mol. The normalized spacial score (nSPS) is 21.4. The number of carbonyl (C=O) groups excluding carboxylic acids is 1. The maximum atomic E-state index is 12.7. The molecule has 0 aliphatic carbocycles. The summed E-state index contributed by atoms with van der Waals surface area (Å²) in [5.41, 5.74) is 1.77. The van der Waals surface area contributed by atoms with E-state index in [9.17, 15) is 4.79 Å². The fourth-order valence-electron chi connectivity index (χ4n) is 4.28. The zero-order valence-corrected chi connectivity index (χ0v) is 16.9. The molecule has 5 nitrogen and oxygen atoms in total. The summed E-state index contributed by atoms with van der Waals surface area (Å²) in [6.45, 7) is 3.07. The first kappa shape index (κ1) is 19.4. The number of halogens is 1. The van der Waals surface area contributed by atoms with Gasteiger partial charge in [-0.2, -0.15) is 0 Å². The number of hydrogen-bond acceptors (Lipinski definition) is 4. The van der Waals surface area contributed by atoms with Crippen molar-refractivity contribution in [2.24, 2.45) is 0 Å². The van der Waals surface area contributed by atoms with E-state index in [4.69, 9.17) is 16.3 Å². The molecule has 2 saturated heterocycles. The van der Waals surface area contributed by atoms with Crippen molar-refractivity contribution < 1.29 is 9.53 Å². The number of nitrogens with zero attached hydrogens (tertiary/aromatic N) is 3. The van der Waals surface area contributed by atoms with Gasteiger partial charge in [0.15, 0.2) is 0 Å². The molecule has 2 aliphatic heterocycles. The number of likely N-dealkylation sites (N-methyl/N-ethyl adjacent to an activating group) is 1. The summed E-state index contributed by atoms with van der Waals surface area (Å²) in [7, 11) is 2.15. The molecule has 1 unspecified atom stereocenters. The van der Waals surface area contributed by atoms with Gasteiger partial charge in [-0.3, -0.25) is 14.7 Å². The van der Waals surface area contributed by atoms with Crippen LogP contribution in [-0.4, -0.2) is 59.1 Å². The van der Waals surface area contributed by atoms with Crippen LogP contribution >= 0.6 is 11.6 Å². The van der Waals surface area contributed by atoms with Crippen molar-refractivity contribution in [3.63, 3.8) is 0 Å². The van der Waals surface area contributed by atoms with Crippen molar-refractivity contribution in [3.05, 3.63) is 64.9 Å². The second-order valence-electron chi connectivity index (χ2n) is 7.93. The highest BCUT2D eigenvalue weighted by Crippen LogP contribution is 2.38. The number of aromatic nitrogens is 1. The maximum absolute atomic E-state index is 12.7. The van der Waals surface area contributed by atoms with Gasteiger partial charge < -0.3 is 9.64 Å². The molecule has 2 fully saturated rings. The van der Waals surface area contributed by atoms with Gasteiger partial charge in [-0.25, -0.2) is 0 Å². The zero-order valence-electron chi connectivity index (χ0n) is 16.2. The summed E-state index contributed by atoms with van der Waals surface area (Å²) in [6.07, 6.45) is 6.51. The molecule has 6 heteroatoms. The van der Waals surface area contributed by atoms with Crippen LogP contribution in [0.5, 0.6) is 0 Å². The van der Waals surface area contributed by atoms with Crippen LogP contribution in [0.3, 0.4) is 0 Å². The molecule has 1 aromatic heterocycles. The van der Waals surface area contributed by atoms with Gasteiger partial charge in [-0.1, -0.05) is 23.7 Å². The third-order valence-electron chi connectivity index (χ3n) is 6.00. The number of hydrogen-bond donors (Lipinski definition) is 0. The second kappa shape index (κ2) is 8.19. The minimum absolute atomic E-state index is 0.0561. The number of ether oxygens (including phenoxy) is 1. The summed E-state index contributed by atoms with van der Waals surface area (Å²) >= 11 is 6.03. The zero-order chi connectivity index (χ0) is 19.6. The quantitative estimate of drug-likeness (QED) is 0.787. The Hall–Kier alpha value is -1.95. The van der Waals surface area contributed by atoms with Crippen LogP contribution < -0.4 is 0 Å². The van der Waals surface area contributed by atoms with E-state index < -0.39 is 0 Å². The minimum Gasteiger partial charge on any atom is -0.373 e. The van der Waals surface area contributed by atoms with Crippen LogP contribution in [0.1, 0.15) is 35.2 Å². The molecule has 3 heterocycles. The molecule has 148 valence electrons. The first-order valence-corrected chi connectivity index (χ1v) is 10.2. The van der Waals surface area contributed by atoms with Crippen LogP contribution in [0.2, 0.25) is 5.02 Å². The van der Waals surface area contributed by atoms with Crippen molar-refractivity contribution in [3.8, 4) is 0 Å². The standard InChI is InChI=1S/C22H26ClN3O2/c1-25(15-17-4-3-9-24-14-17)20-13-22(28-16-20)7-10-26(11-8-22)21(27)18-5-2-6-19(23)12-18/h2-6,9,12,14,20H,7-8,10-11,13,15-16H2,1H3. The van der Waals surface area contributed by atoms with Crippen LogP contribution in [0.25, 0.3) is 0 Å². The first-order chi connectivity index (χ1) is 13.5. The average Bonchev–Trinajstić information content (AvgIpc) is 3.13. The molecule has 1 aromatic carbocycles. The monoisotopic (exact) mass is 399 g/mol. The molecular weight excluding hydrogens is 374 g/mol. The third kappa shape index (κ3) is 4.22. The lowest BCUT2D eigenvalue weighted by atomic mass is 9.87. The summed E-state index contributed by atoms with van der Waals surface area (Å²) in [5, 5.41) is 0.595. The van der Waals surface area contributed by atoms with Crippen molar-refractivity contribution in [2.75, 3.05) is 26.7 Å². The van der Waals surface area contributed by atoms with Crippen molar-refractivity contribution in [2.45, 2.75) is 37.5 Å². The smallest absolute Gasteiger partial charge is 0.253 e. The Labute approximate surface area is 171 Å². The summed E-state index contributed by atoms with van der Waals surface area (Å²) < 4.78 is 6.29. The summed E-state index contributed by atoms with van der Waals surface area (Å²) in [6, 6.07) is 11.7. The fraction of sp³-hybridized carbons (Fsp3) is 0.455. The number of pyridine rings is 1. The van der Waals surface area contributed by atoms with Gasteiger partial charge in [0.25, 0.3) is 5.91 Å². The Bertz CT molecular complexity index is 822. The van der Waals surface area contributed by atoms with Gasteiger partial charge in [0.2, 0.25) is 0 Å². The summed E-state index contributed by atoms with van der Waals surface area (Å²) in [4.78, 5) is 21.2. The molecule has 2 aromatic rings. The van der Waals surface area contributed by atoms with Crippen LogP contribution in [0.4, 0.5) is 0 Å². The molecule has 0 N–H and O–H groups in total. The highest BCUT2D eigenvalue weighted by atomic mass is 35.5. The van der Waals surface area contributed by atoms with Crippen LogP contribution in [0.15, 0.2) is 48.8 Å². The van der Waals surface area contributed by atoms with Gasteiger partial charge in [0.05, 0.1) is 12.2 Å². The fourth-order valence-corrected chi connectivity index (χ4v) is 4.47. The van der Waals surface area contributed by atoms with Gasteiger partial charge in [-0.05, 0) is 56.1 Å². The van der Waals surface area contributed by atoms with Crippen LogP contribution in [0, 0.1) is 0 Å². The van der Waals surface area contributed by atoms with E-state index in [-0.39, 0.29) is 11.5 Å². The molecule has 28 heavy (non-hydrogen) atoms. The Morgan fingerprint density at radius 1 is 1.32 bits per heavy atom. The van der Waals surface area contributed by atoms with Gasteiger partial charge in [0.1, 0.15) is 0 Å². The highest BCUT2D eigenvalue weighted by molar-refractivity contribution is 6.30. The van der Waals surface area contributed by atoms with Gasteiger partial charge in [-0.15, -0.1) is 0 Å². The van der Waals surface area contributed by atoms with E-state index in [1.165, 1.54) is 5.56 Å². The first-order valence-electron chi connectivity index (χ1n) is 9.83. The molecule has 0 saturated carbocycles. The largest absolute Gasteiger partial charge is 0.373 e.